The normalized spacial score (nSPS) is 20.8. The summed E-state index contributed by atoms with van der Waals surface area (Å²) in [6.07, 6.45) is 8.01. The van der Waals surface area contributed by atoms with Gasteiger partial charge in [-0.15, -0.1) is 0 Å². The molecule has 140 valence electrons. The number of aryl methyl sites for hydroxylation is 1. The topological polar surface area (TPSA) is 63.5 Å². The summed E-state index contributed by atoms with van der Waals surface area (Å²) < 4.78 is 8.15. The molecule has 1 aromatic heterocycles. The van der Waals surface area contributed by atoms with E-state index in [4.69, 9.17) is 4.74 Å². The number of hydrogen-bond acceptors (Lipinski definition) is 3. The van der Waals surface area contributed by atoms with Crippen LogP contribution in [0.25, 0.3) is 0 Å². The van der Waals surface area contributed by atoms with Gasteiger partial charge in [0, 0.05) is 51.6 Å². The highest BCUT2D eigenvalue weighted by molar-refractivity contribution is 5.79. The Kier molecular flexibility index (Phi) is 6.66. The van der Waals surface area contributed by atoms with Crippen LogP contribution in [0.15, 0.2) is 48.0 Å². The van der Waals surface area contributed by atoms with Gasteiger partial charge in [0.05, 0.1) is 12.4 Å². The zero-order valence-electron chi connectivity index (χ0n) is 15.7. The van der Waals surface area contributed by atoms with Crippen molar-refractivity contribution < 1.29 is 4.74 Å². The minimum Gasteiger partial charge on any atom is -0.373 e. The first-order valence-corrected chi connectivity index (χ1v) is 9.34. The molecule has 2 atom stereocenters. The SMILES string of the molecule is CN=C(NCCn1ccnc1)NCC1CCCOC1c1ccc(C)cc1. The van der Waals surface area contributed by atoms with Crippen LogP contribution in [0.4, 0.5) is 0 Å². The van der Waals surface area contributed by atoms with Gasteiger partial charge in [-0.2, -0.15) is 0 Å². The first kappa shape index (κ1) is 18.5. The molecule has 2 aromatic rings. The van der Waals surface area contributed by atoms with Crippen LogP contribution in [-0.2, 0) is 11.3 Å². The minimum atomic E-state index is 0.154. The molecule has 6 nitrogen and oxygen atoms in total. The van der Waals surface area contributed by atoms with E-state index in [1.807, 2.05) is 17.1 Å². The highest BCUT2D eigenvalue weighted by atomic mass is 16.5. The Labute approximate surface area is 155 Å². The van der Waals surface area contributed by atoms with Crippen molar-refractivity contribution in [2.24, 2.45) is 10.9 Å². The highest BCUT2D eigenvalue weighted by Gasteiger charge is 2.27. The molecule has 0 radical (unpaired) electrons. The molecule has 6 heteroatoms. The third kappa shape index (κ3) is 5.08. The van der Waals surface area contributed by atoms with Crippen LogP contribution in [-0.4, -0.2) is 42.3 Å². The van der Waals surface area contributed by atoms with Gasteiger partial charge in [0.25, 0.3) is 0 Å². The molecule has 1 saturated heterocycles. The largest absolute Gasteiger partial charge is 0.373 e. The van der Waals surface area contributed by atoms with Crippen LogP contribution in [0, 0.1) is 12.8 Å². The van der Waals surface area contributed by atoms with E-state index in [1.54, 1.807) is 13.2 Å². The fraction of sp³-hybridized carbons (Fsp3) is 0.500. The van der Waals surface area contributed by atoms with Gasteiger partial charge < -0.3 is 19.9 Å². The number of guanidine groups is 1. The third-order valence-corrected chi connectivity index (χ3v) is 4.83. The molecule has 2 heterocycles. The summed E-state index contributed by atoms with van der Waals surface area (Å²) in [5.41, 5.74) is 2.55. The van der Waals surface area contributed by atoms with Crippen molar-refractivity contribution in [1.29, 1.82) is 0 Å². The number of imidazole rings is 1. The van der Waals surface area contributed by atoms with E-state index < -0.39 is 0 Å². The van der Waals surface area contributed by atoms with Gasteiger partial charge in [-0.1, -0.05) is 29.8 Å². The van der Waals surface area contributed by atoms with Gasteiger partial charge in [0.1, 0.15) is 0 Å². The number of nitrogens with zero attached hydrogens (tertiary/aromatic N) is 3. The molecular weight excluding hydrogens is 326 g/mol. The Morgan fingerprint density at radius 2 is 2.15 bits per heavy atom. The van der Waals surface area contributed by atoms with Crippen molar-refractivity contribution in [3.8, 4) is 0 Å². The van der Waals surface area contributed by atoms with E-state index in [0.717, 1.165) is 45.0 Å². The van der Waals surface area contributed by atoms with Crippen LogP contribution in [0.5, 0.6) is 0 Å². The van der Waals surface area contributed by atoms with Crippen LogP contribution < -0.4 is 10.6 Å². The van der Waals surface area contributed by atoms with E-state index >= 15 is 0 Å². The number of nitrogens with one attached hydrogen (secondary N) is 2. The number of ether oxygens (including phenoxy) is 1. The summed E-state index contributed by atoms with van der Waals surface area (Å²) in [7, 11) is 1.81. The molecule has 1 aliphatic rings. The fourth-order valence-corrected chi connectivity index (χ4v) is 3.35. The van der Waals surface area contributed by atoms with E-state index in [0.29, 0.717) is 5.92 Å². The molecule has 26 heavy (non-hydrogen) atoms. The van der Waals surface area contributed by atoms with Gasteiger partial charge in [-0.3, -0.25) is 4.99 Å². The Hall–Kier alpha value is -2.34. The molecule has 2 N–H and O–H groups in total. The lowest BCUT2D eigenvalue weighted by Crippen LogP contribution is -2.42. The Morgan fingerprint density at radius 3 is 2.88 bits per heavy atom. The predicted octanol–water partition coefficient (Wildman–Crippen LogP) is 2.52. The maximum atomic E-state index is 6.10. The zero-order chi connectivity index (χ0) is 18.2. The van der Waals surface area contributed by atoms with Crippen molar-refractivity contribution >= 4 is 5.96 Å². The van der Waals surface area contributed by atoms with Crippen LogP contribution >= 0.6 is 0 Å². The molecule has 1 aliphatic heterocycles. The number of benzene rings is 1. The summed E-state index contributed by atoms with van der Waals surface area (Å²) >= 11 is 0. The molecule has 0 aliphatic carbocycles. The second-order valence-electron chi connectivity index (χ2n) is 6.78. The van der Waals surface area contributed by atoms with Gasteiger partial charge >= 0.3 is 0 Å². The average Bonchev–Trinajstić information content (AvgIpc) is 3.19. The average molecular weight is 355 g/mol. The van der Waals surface area contributed by atoms with Gasteiger partial charge in [-0.05, 0) is 25.3 Å². The number of rotatable bonds is 6. The first-order valence-electron chi connectivity index (χ1n) is 9.34. The smallest absolute Gasteiger partial charge is 0.191 e. The summed E-state index contributed by atoms with van der Waals surface area (Å²) in [5.74, 6) is 1.27. The van der Waals surface area contributed by atoms with E-state index in [-0.39, 0.29) is 6.10 Å². The van der Waals surface area contributed by atoms with Crippen molar-refractivity contribution in [2.45, 2.75) is 32.4 Å². The number of hydrogen-bond donors (Lipinski definition) is 2. The quantitative estimate of drug-likeness (QED) is 0.617. The molecule has 1 aromatic carbocycles. The van der Waals surface area contributed by atoms with Gasteiger partial charge in [0.15, 0.2) is 5.96 Å². The fourth-order valence-electron chi connectivity index (χ4n) is 3.35. The number of aliphatic imine (C=N–C) groups is 1. The molecule has 0 bridgehead atoms. The Bertz CT molecular complexity index is 681. The molecule has 0 amide bonds. The van der Waals surface area contributed by atoms with Crippen LogP contribution in [0.1, 0.15) is 30.1 Å². The Balaban J connectivity index is 1.51. The zero-order valence-corrected chi connectivity index (χ0v) is 15.7. The maximum absolute atomic E-state index is 6.10. The van der Waals surface area contributed by atoms with Gasteiger partial charge in [0.2, 0.25) is 0 Å². The molecule has 0 spiro atoms. The number of aromatic nitrogens is 2. The predicted molar refractivity (Wildman–Crippen MR) is 104 cm³/mol. The first-order chi connectivity index (χ1) is 12.8. The van der Waals surface area contributed by atoms with Gasteiger partial charge in [-0.25, -0.2) is 4.98 Å². The molecule has 2 unspecified atom stereocenters. The second-order valence-corrected chi connectivity index (χ2v) is 6.78. The monoisotopic (exact) mass is 355 g/mol. The Morgan fingerprint density at radius 1 is 1.31 bits per heavy atom. The summed E-state index contributed by atoms with van der Waals surface area (Å²) in [6, 6.07) is 8.70. The van der Waals surface area contributed by atoms with Crippen molar-refractivity contribution in [3.05, 3.63) is 54.1 Å². The second kappa shape index (κ2) is 9.38. The lowest BCUT2D eigenvalue weighted by molar-refractivity contribution is -0.0265. The highest BCUT2D eigenvalue weighted by Crippen LogP contribution is 2.33. The van der Waals surface area contributed by atoms with Crippen molar-refractivity contribution in [2.75, 3.05) is 26.7 Å². The maximum Gasteiger partial charge on any atom is 0.191 e. The van der Waals surface area contributed by atoms with Crippen LogP contribution in [0.3, 0.4) is 0 Å². The molecule has 1 fully saturated rings. The van der Waals surface area contributed by atoms with E-state index in [9.17, 15) is 0 Å². The van der Waals surface area contributed by atoms with E-state index in [2.05, 4.69) is 51.8 Å². The van der Waals surface area contributed by atoms with Crippen molar-refractivity contribution in [1.82, 2.24) is 20.2 Å². The lowest BCUT2D eigenvalue weighted by atomic mass is 9.89. The van der Waals surface area contributed by atoms with Crippen molar-refractivity contribution in [3.63, 3.8) is 0 Å². The minimum absolute atomic E-state index is 0.154. The summed E-state index contributed by atoms with van der Waals surface area (Å²) in [5, 5.41) is 6.82. The van der Waals surface area contributed by atoms with Crippen LogP contribution in [0.2, 0.25) is 0 Å². The molecule has 0 saturated carbocycles. The van der Waals surface area contributed by atoms with E-state index in [1.165, 1.54) is 11.1 Å². The summed E-state index contributed by atoms with van der Waals surface area (Å²) in [4.78, 5) is 8.38. The standard InChI is InChI=1S/C20H29N5O/c1-16-5-7-17(8-6-16)19-18(4-3-13-26-19)14-24-20(21-2)23-10-12-25-11-9-22-15-25/h5-9,11,15,18-19H,3-4,10,12-14H2,1-2H3,(H2,21,23,24). The summed E-state index contributed by atoms with van der Waals surface area (Å²) in [6.45, 7) is 5.47. The lowest BCUT2D eigenvalue weighted by Gasteiger charge is -2.32. The molecule has 3 rings (SSSR count). The molecular formula is C20H29N5O. The third-order valence-electron chi connectivity index (χ3n) is 4.83.